The quantitative estimate of drug-likeness (QED) is 0.150. The van der Waals surface area contributed by atoms with Crippen LogP contribution in [0.25, 0.3) is 17.1 Å². The normalized spacial score (nSPS) is 11.1. The van der Waals surface area contributed by atoms with Gasteiger partial charge >= 0.3 is 0 Å². The van der Waals surface area contributed by atoms with E-state index in [-0.39, 0.29) is 11.7 Å². The Balaban J connectivity index is 1.42. The molecule has 7 nitrogen and oxygen atoms in total. The van der Waals surface area contributed by atoms with Gasteiger partial charge in [0.15, 0.2) is 11.0 Å². The molecule has 0 unspecified atom stereocenters. The first-order valence-corrected chi connectivity index (χ1v) is 13.4. The second-order valence-corrected chi connectivity index (χ2v) is 9.69. The van der Waals surface area contributed by atoms with Crippen LogP contribution >= 0.6 is 27.7 Å². The standard InChI is InChI=1S/C27H27BrN6OS/c1-3-33(4-2)23-14-10-20(11-15-23)18-29-30-25(35)19-36-27-32-31-26(21-8-6-5-7-9-21)34(27)24-16-12-22(28)13-17-24/h5-18H,3-4,19H2,1-2H3,(H,30,35)/b29-18+. The van der Waals surface area contributed by atoms with Crippen molar-refractivity contribution in [1.29, 1.82) is 0 Å². The Morgan fingerprint density at radius 3 is 2.36 bits per heavy atom. The van der Waals surface area contributed by atoms with Crippen LogP contribution in [0.15, 0.2) is 93.6 Å². The summed E-state index contributed by atoms with van der Waals surface area (Å²) >= 11 is 4.80. The Hall–Kier alpha value is -3.43. The third-order valence-electron chi connectivity index (χ3n) is 5.51. The van der Waals surface area contributed by atoms with Crippen LogP contribution in [0, 0.1) is 0 Å². The molecule has 0 radical (unpaired) electrons. The van der Waals surface area contributed by atoms with Crippen LogP contribution in [0.4, 0.5) is 5.69 Å². The van der Waals surface area contributed by atoms with Gasteiger partial charge in [-0.15, -0.1) is 10.2 Å². The van der Waals surface area contributed by atoms with E-state index in [9.17, 15) is 4.79 Å². The number of nitrogens with one attached hydrogen (secondary N) is 1. The molecular weight excluding hydrogens is 536 g/mol. The van der Waals surface area contributed by atoms with E-state index in [0.717, 1.165) is 34.4 Å². The van der Waals surface area contributed by atoms with Gasteiger partial charge in [-0.05, 0) is 55.8 Å². The van der Waals surface area contributed by atoms with Crippen LogP contribution in [0.5, 0.6) is 0 Å². The third-order valence-corrected chi connectivity index (χ3v) is 6.96. The number of nitrogens with zero attached hydrogens (tertiary/aromatic N) is 5. The van der Waals surface area contributed by atoms with Crippen molar-refractivity contribution in [2.75, 3.05) is 23.7 Å². The SMILES string of the molecule is CCN(CC)c1ccc(/C=N/NC(=O)CSc2nnc(-c3ccccc3)n2-c2ccc(Br)cc2)cc1. The van der Waals surface area contributed by atoms with Gasteiger partial charge in [0.1, 0.15) is 0 Å². The van der Waals surface area contributed by atoms with Crippen molar-refractivity contribution in [3.63, 3.8) is 0 Å². The molecule has 36 heavy (non-hydrogen) atoms. The summed E-state index contributed by atoms with van der Waals surface area (Å²) in [7, 11) is 0. The maximum absolute atomic E-state index is 12.5. The molecule has 0 aliphatic rings. The molecule has 4 aromatic rings. The molecule has 0 saturated heterocycles. The van der Waals surface area contributed by atoms with E-state index < -0.39 is 0 Å². The molecule has 0 atom stereocenters. The lowest BCUT2D eigenvalue weighted by molar-refractivity contribution is -0.118. The van der Waals surface area contributed by atoms with Gasteiger partial charge in [-0.1, -0.05) is 70.2 Å². The number of carbonyl (C=O) groups is 1. The van der Waals surface area contributed by atoms with Gasteiger partial charge in [0.25, 0.3) is 5.91 Å². The molecule has 0 fully saturated rings. The maximum atomic E-state index is 12.5. The van der Waals surface area contributed by atoms with Gasteiger partial charge < -0.3 is 4.90 Å². The molecule has 1 aromatic heterocycles. The van der Waals surface area contributed by atoms with E-state index in [0.29, 0.717) is 11.0 Å². The number of carbonyl (C=O) groups excluding carboxylic acids is 1. The van der Waals surface area contributed by atoms with E-state index in [1.165, 1.54) is 17.4 Å². The van der Waals surface area contributed by atoms with E-state index in [2.05, 4.69) is 67.5 Å². The van der Waals surface area contributed by atoms with Crippen LogP contribution in [0.3, 0.4) is 0 Å². The molecule has 9 heteroatoms. The summed E-state index contributed by atoms with van der Waals surface area (Å²) in [4.78, 5) is 14.8. The highest BCUT2D eigenvalue weighted by Crippen LogP contribution is 2.28. The smallest absolute Gasteiger partial charge is 0.250 e. The lowest BCUT2D eigenvalue weighted by Crippen LogP contribution is -2.21. The average Bonchev–Trinajstić information content (AvgIpc) is 3.34. The van der Waals surface area contributed by atoms with Gasteiger partial charge in [0, 0.05) is 34.5 Å². The summed E-state index contributed by atoms with van der Waals surface area (Å²) in [6.07, 6.45) is 1.65. The summed E-state index contributed by atoms with van der Waals surface area (Å²) in [5.74, 6) is 0.649. The minimum Gasteiger partial charge on any atom is -0.372 e. The predicted molar refractivity (Wildman–Crippen MR) is 151 cm³/mol. The number of hydrogen-bond acceptors (Lipinski definition) is 6. The largest absolute Gasteiger partial charge is 0.372 e. The van der Waals surface area contributed by atoms with Gasteiger partial charge in [0.05, 0.1) is 12.0 Å². The molecule has 1 heterocycles. The van der Waals surface area contributed by atoms with Crippen molar-refractivity contribution in [3.8, 4) is 17.1 Å². The summed E-state index contributed by atoms with van der Waals surface area (Å²) in [5, 5.41) is 13.5. The number of benzene rings is 3. The first-order chi connectivity index (χ1) is 17.6. The molecule has 0 aliphatic carbocycles. The first-order valence-electron chi connectivity index (χ1n) is 11.7. The predicted octanol–water partition coefficient (Wildman–Crippen LogP) is 5.79. The van der Waals surface area contributed by atoms with Crippen molar-refractivity contribution in [2.45, 2.75) is 19.0 Å². The van der Waals surface area contributed by atoms with Crippen LogP contribution in [-0.4, -0.2) is 45.7 Å². The van der Waals surface area contributed by atoms with Crippen molar-refractivity contribution in [3.05, 3.63) is 88.9 Å². The molecule has 4 rings (SSSR count). The molecule has 3 aromatic carbocycles. The Kier molecular flexibility index (Phi) is 8.91. The minimum absolute atomic E-state index is 0.154. The fourth-order valence-corrected chi connectivity index (χ4v) is 4.67. The molecule has 184 valence electrons. The van der Waals surface area contributed by atoms with Crippen molar-refractivity contribution in [2.24, 2.45) is 5.10 Å². The maximum Gasteiger partial charge on any atom is 0.250 e. The van der Waals surface area contributed by atoms with Gasteiger partial charge in [-0.3, -0.25) is 9.36 Å². The highest BCUT2D eigenvalue weighted by Gasteiger charge is 2.17. The van der Waals surface area contributed by atoms with E-state index in [1.807, 2.05) is 71.3 Å². The molecule has 1 amide bonds. The van der Waals surface area contributed by atoms with E-state index in [4.69, 9.17) is 0 Å². The topological polar surface area (TPSA) is 75.4 Å². The van der Waals surface area contributed by atoms with E-state index >= 15 is 0 Å². The zero-order chi connectivity index (χ0) is 25.3. The summed E-state index contributed by atoms with van der Waals surface area (Å²) in [6.45, 7) is 6.19. The van der Waals surface area contributed by atoms with Crippen LogP contribution in [0.1, 0.15) is 19.4 Å². The Labute approximate surface area is 223 Å². The fourth-order valence-electron chi connectivity index (χ4n) is 3.66. The Morgan fingerprint density at radius 1 is 1.00 bits per heavy atom. The fraction of sp³-hybridized carbons (Fsp3) is 0.185. The molecule has 0 saturated carbocycles. The number of anilines is 1. The van der Waals surface area contributed by atoms with Crippen molar-refractivity contribution >= 4 is 45.5 Å². The van der Waals surface area contributed by atoms with Crippen LogP contribution < -0.4 is 10.3 Å². The summed E-state index contributed by atoms with van der Waals surface area (Å²) in [6, 6.07) is 25.9. The zero-order valence-electron chi connectivity index (χ0n) is 20.1. The van der Waals surface area contributed by atoms with Crippen LogP contribution in [0.2, 0.25) is 0 Å². The number of halogens is 1. The summed E-state index contributed by atoms with van der Waals surface area (Å²) in [5.41, 5.74) is 6.55. The zero-order valence-corrected chi connectivity index (χ0v) is 22.5. The average molecular weight is 564 g/mol. The molecule has 0 bridgehead atoms. The van der Waals surface area contributed by atoms with Crippen molar-refractivity contribution in [1.82, 2.24) is 20.2 Å². The second kappa shape index (κ2) is 12.5. The second-order valence-electron chi connectivity index (χ2n) is 7.83. The monoisotopic (exact) mass is 562 g/mol. The minimum atomic E-state index is -0.220. The van der Waals surface area contributed by atoms with Crippen molar-refractivity contribution < 1.29 is 4.79 Å². The first kappa shape index (κ1) is 25.7. The number of amides is 1. The highest BCUT2D eigenvalue weighted by molar-refractivity contribution is 9.10. The van der Waals surface area contributed by atoms with Gasteiger partial charge in [-0.2, -0.15) is 5.10 Å². The number of hydrogen-bond donors (Lipinski definition) is 1. The van der Waals surface area contributed by atoms with Gasteiger partial charge in [-0.25, -0.2) is 5.43 Å². The van der Waals surface area contributed by atoms with E-state index in [1.54, 1.807) is 6.21 Å². The molecule has 0 aliphatic heterocycles. The number of thioether (sulfide) groups is 1. The molecule has 0 spiro atoms. The Bertz CT molecular complexity index is 1300. The molecule has 1 N–H and O–H groups in total. The Morgan fingerprint density at radius 2 is 1.69 bits per heavy atom. The van der Waals surface area contributed by atoms with Crippen LogP contribution in [-0.2, 0) is 4.79 Å². The number of rotatable bonds is 10. The van der Waals surface area contributed by atoms with Gasteiger partial charge in [0.2, 0.25) is 0 Å². The lowest BCUT2D eigenvalue weighted by Gasteiger charge is -2.20. The third kappa shape index (κ3) is 6.41. The lowest BCUT2D eigenvalue weighted by atomic mass is 10.2. The highest BCUT2D eigenvalue weighted by atomic mass is 79.9. The summed E-state index contributed by atoms with van der Waals surface area (Å²) < 4.78 is 2.94. The number of aromatic nitrogens is 3. The number of hydrazone groups is 1. The molecular formula is C27H27BrN6OS.